The van der Waals surface area contributed by atoms with Crippen molar-refractivity contribution in [3.05, 3.63) is 23.9 Å². The van der Waals surface area contributed by atoms with Crippen LogP contribution in [0.5, 0.6) is 5.88 Å². The molecule has 0 spiro atoms. The third kappa shape index (κ3) is 4.84. The summed E-state index contributed by atoms with van der Waals surface area (Å²) in [5.41, 5.74) is 1.08. The number of piperidine rings is 1. The fraction of sp³-hybridized carbons (Fsp3) is 0.588. The van der Waals surface area contributed by atoms with Gasteiger partial charge in [0, 0.05) is 38.2 Å². The molecule has 2 rings (SSSR count). The Morgan fingerprint density at radius 3 is 2.50 bits per heavy atom. The molecule has 1 aliphatic rings. The lowest BCUT2D eigenvalue weighted by Crippen LogP contribution is -2.53. The van der Waals surface area contributed by atoms with Crippen molar-refractivity contribution in [2.75, 3.05) is 13.1 Å². The first-order chi connectivity index (χ1) is 11.4. The van der Waals surface area contributed by atoms with Crippen molar-refractivity contribution in [3.63, 3.8) is 0 Å². The lowest BCUT2D eigenvalue weighted by Gasteiger charge is -2.35. The Labute approximate surface area is 142 Å². The molecule has 7 heteroatoms. The molecular weight excluding hydrogens is 310 g/mol. The molecule has 132 valence electrons. The molecule has 7 nitrogen and oxygen atoms in total. The number of aryl methyl sites for hydroxylation is 1. The summed E-state index contributed by atoms with van der Waals surface area (Å²) in [4.78, 5) is 29.3. The zero-order valence-corrected chi connectivity index (χ0v) is 14.4. The number of likely N-dealkylation sites (tertiary alicyclic amines) is 1. The molecule has 2 amide bonds. The summed E-state index contributed by atoms with van der Waals surface area (Å²) in [7, 11) is 0. The van der Waals surface area contributed by atoms with Gasteiger partial charge in [-0.2, -0.15) is 0 Å². The molecule has 0 aliphatic carbocycles. The minimum absolute atomic E-state index is 0.0224. The second-order valence-electron chi connectivity index (χ2n) is 6.49. The number of hydrogen-bond acceptors (Lipinski definition) is 4. The van der Waals surface area contributed by atoms with Crippen LogP contribution in [0.1, 0.15) is 32.3 Å². The fourth-order valence-corrected chi connectivity index (χ4v) is 2.73. The second kappa shape index (κ2) is 7.99. The van der Waals surface area contributed by atoms with E-state index in [-0.39, 0.29) is 17.9 Å². The Morgan fingerprint density at radius 2 is 2.00 bits per heavy atom. The molecule has 0 radical (unpaired) electrons. The van der Waals surface area contributed by atoms with Crippen molar-refractivity contribution in [2.45, 2.75) is 45.8 Å². The van der Waals surface area contributed by atoms with Crippen LogP contribution in [0.3, 0.4) is 0 Å². The summed E-state index contributed by atoms with van der Waals surface area (Å²) in [5, 5.41) is 11.2. The number of ether oxygens (including phenoxy) is 1. The van der Waals surface area contributed by atoms with Crippen molar-refractivity contribution in [1.29, 1.82) is 0 Å². The Bertz CT molecular complexity index is 566. The Kier molecular flexibility index (Phi) is 6.00. The van der Waals surface area contributed by atoms with Gasteiger partial charge in [-0.05, 0) is 18.4 Å². The first-order valence-corrected chi connectivity index (χ1v) is 8.24. The van der Waals surface area contributed by atoms with Gasteiger partial charge in [-0.15, -0.1) is 0 Å². The van der Waals surface area contributed by atoms with Gasteiger partial charge in [-0.3, -0.25) is 4.79 Å². The normalized spacial score (nSPS) is 16.8. The topological polar surface area (TPSA) is 91.8 Å². The average molecular weight is 335 g/mol. The van der Waals surface area contributed by atoms with Crippen LogP contribution in [0, 0.1) is 12.8 Å². The van der Waals surface area contributed by atoms with Gasteiger partial charge in [-0.25, -0.2) is 9.78 Å². The monoisotopic (exact) mass is 335 g/mol. The van der Waals surface area contributed by atoms with Gasteiger partial charge >= 0.3 is 6.09 Å². The molecule has 1 aromatic rings. The van der Waals surface area contributed by atoms with Crippen molar-refractivity contribution in [3.8, 4) is 5.88 Å². The number of aromatic nitrogens is 1. The number of amides is 2. The number of hydrogen-bond donors (Lipinski definition) is 2. The smallest absolute Gasteiger partial charge is 0.405 e. The molecule has 2 heterocycles. The SMILES string of the molecule is Cc1ccc(OC2CCN(C(=O)[C@@H](NC(=O)O)C(C)C)CC2)nc1. The molecule has 1 atom stereocenters. The number of nitrogens with one attached hydrogen (secondary N) is 1. The number of carboxylic acid groups (broad SMARTS) is 1. The second-order valence-corrected chi connectivity index (χ2v) is 6.49. The van der Waals surface area contributed by atoms with Crippen LogP contribution in [0.25, 0.3) is 0 Å². The van der Waals surface area contributed by atoms with Crippen LogP contribution < -0.4 is 10.1 Å². The third-order valence-corrected chi connectivity index (χ3v) is 4.14. The summed E-state index contributed by atoms with van der Waals surface area (Å²) >= 11 is 0. The molecule has 2 N–H and O–H groups in total. The van der Waals surface area contributed by atoms with E-state index >= 15 is 0 Å². The number of carbonyl (C=O) groups is 2. The number of rotatable bonds is 5. The maximum absolute atomic E-state index is 12.5. The zero-order valence-electron chi connectivity index (χ0n) is 14.4. The van der Waals surface area contributed by atoms with Gasteiger partial charge < -0.3 is 20.1 Å². The zero-order chi connectivity index (χ0) is 17.7. The van der Waals surface area contributed by atoms with Crippen molar-refractivity contribution in [2.24, 2.45) is 5.92 Å². The first kappa shape index (κ1) is 18.0. The van der Waals surface area contributed by atoms with Crippen molar-refractivity contribution >= 4 is 12.0 Å². The predicted octanol–water partition coefficient (Wildman–Crippen LogP) is 2.05. The number of nitrogens with zero attached hydrogens (tertiary/aromatic N) is 2. The largest absolute Gasteiger partial charge is 0.474 e. The summed E-state index contributed by atoms with van der Waals surface area (Å²) in [6.45, 7) is 6.74. The summed E-state index contributed by atoms with van der Waals surface area (Å²) < 4.78 is 5.85. The van der Waals surface area contributed by atoms with Crippen molar-refractivity contribution < 1.29 is 19.4 Å². The fourth-order valence-electron chi connectivity index (χ4n) is 2.73. The van der Waals surface area contributed by atoms with Gasteiger partial charge in [0.1, 0.15) is 12.1 Å². The van der Waals surface area contributed by atoms with Gasteiger partial charge in [-0.1, -0.05) is 19.9 Å². The predicted molar refractivity (Wildman–Crippen MR) is 89.0 cm³/mol. The third-order valence-electron chi connectivity index (χ3n) is 4.14. The van der Waals surface area contributed by atoms with Crippen LogP contribution in [0.15, 0.2) is 18.3 Å². The van der Waals surface area contributed by atoms with E-state index < -0.39 is 12.1 Å². The standard InChI is InChI=1S/C17H25N3O4/c1-11(2)15(19-17(22)23)16(21)20-8-6-13(7-9-20)24-14-5-4-12(3)10-18-14/h4-5,10-11,13,15,19H,6-9H2,1-3H3,(H,22,23)/t15-/m0/s1. The van der Waals surface area contributed by atoms with E-state index in [2.05, 4.69) is 10.3 Å². The van der Waals surface area contributed by atoms with E-state index in [0.717, 1.165) is 5.56 Å². The molecule has 1 aromatic heterocycles. The van der Waals surface area contributed by atoms with Gasteiger partial charge in [0.25, 0.3) is 0 Å². The van der Waals surface area contributed by atoms with Crippen LogP contribution in [-0.2, 0) is 4.79 Å². The molecule has 1 saturated heterocycles. The highest BCUT2D eigenvalue weighted by atomic mass is 16.5. The van der Waals surface area contributed by atoms with E-state index in [4.69, 9.17) is 9.84 Å². The minimum Gasteiger partial charge on any atom is -0.474 e. The molecule has 1 fully saturated rings. The van der Waals surface area contributed by atoms with E-state index in [0.29, 0.717) is 31.8 Å². The van der Waals surface area contributed by atoms with E-state index in [1.807, 2.05) is 32.9 Å². The quantitative estimate of drug-likeness (QED) is 0.859. The van der Waals surface area contributed by atoms with Gasteiger partial charge in [0.05, 0.1) is 0 Å². The number of pyridine rings is 1. The van der Waals surface area contributed by atoms with Crippen LogP contribution in [-0.4, -0.2) is 52.2 Å². The van der Waals surface area contributed by atoms with Gasteiger partial charge in [0.2, 0.25) is 11.8 Å². The number of carbonyl (C=O) groups excluding carboxylic acids is 1. The summed E-state index contributed by atoms with van der Waals surface area (Å²) in [5.74, 6) is 0.330. The minimum atomic E-state index is -1.18. The maximum Gasteiger partial charge on any atom is 0.405 e. The lowest BCUT2D eigenvalue weighted by molar-refractivity contribution is -0.136. The Morgan fingerprint density at radius 1 is 1.33 bits per heavy atom. The Balaban J connectivity index is 1.87. The average Bonchev–Trinajstić information content (AvgIpc) is 2.54. The van der Waals surface area contributed by atoms with Gasteiger partial charge in [0.15, 0.2) is 0 Å². The molecule has 0 bridgehead atoms. The molecule has 0 aromatic carbocycles. The molecule has 24 heavy (non-hydrogen) atoms. The lowest BCUT2D eigenvalue weighted by atomic mass is 10.0. The molecule has 0 saturated carbocycles. The van der Waals surface area contributed by atoms with Crippen LogP contribution >= 0.6 is 0 Å². The van der Waals surface area contributed by atoms with Crippen LogP contribution in [0.4, 0.5) is 4.79 Å². The highest BCUT2D eigenvalue weighted by molar-refractivity contribution is 5.85. The summed E-state index contributed by atoms with van der Waals surface area (Å²) in [6, 6.07) is 3.09. The van der Waals surface area contributed by atoms with E-state index in [9.17, 15) is 9.59 Å². The molecular formula is C17H25N3O4. The molecule has 0 unspecified atom stereocenters. The first-order valence-electron chi connectivity index (χ1n) is 8.24. The highest BCUT2D eigenvalue weighted by Crippen LogP contribution is 2.19. The molecule has 1 aliphatic heterocycles. The van der Waals surface area contributed by atoms with Crippen molar-refractivity contribution in [1.82, 2.24) is 15.2 Å². The maximum atomic E-state index is 12.5. The highest BCUT2D eigenvalue weighted by Gasteiger charge is 2.31. The summed E-state index contributed by atoms with van der Waals surface area (Å²) in [6.07, 6.45) is 2.02. The van der Waals surface area contributed by atoms with Crippen LogP contribution in [0.2, 0.25) is 0 Å². The van der Waals surface area contributed by atoms with E-state index in [1.165, 1.54) is 0 Å². The van der Waals surface area contributed by atoms with E-state index in [1.54, 1.807) is 11.1 Å². The Hall–Kier alpha value is -2.31.